The number of nitrogens with one attached hydrogen (secondary N) is 1. The Balaban J connectivity index is 1.60. The van der Waals surface area contributed by atoms with E-state index in [9.17, 15) is 14.4 Å². The average Bonchev–Trinajstić information content (AvgIpc) is 3.29. The second-order valence-electron chi connectivity index (χ2n) is 8.16. The van der Waals surface area contributed by atoms with Gasteiger partial charge in [0.25, 0.3) is 5.91 Å². The van der Waals surface area contributed by atoms with E-state index in [-0.39, 0.29) is 30.3 Å². The van der Waals surface area contributed by atoms with Crippen LogP contribution in [0.1, 0.15) is 18.1 Å². The maximum atomic E-state index is 13.7. The predicted octanol–water partition coefficient (Wildman–Crippen LogP) is 2.42. The molecule has 2 saturated heterocycles. The van der Waals surface area contributed by atoms with Crippen LogP contribution in [0.3, 0.4) is 0 Å². The molecule has 7 heteroatoms. The first-order chi connectivity index (χ1) is 14.5. The first-order valence-electron chi connectivity index (χ1n) is 10.1. The van der Waals surface area contributed by atoms with E-state index in [1.807, 2.05) is 61.5 Å². The van der Waals surface area contributed by atoms with E-state index in [2.05, 4.69) is 21.2 Å². The summed E-state index contributed by atoms with van der Waals surface area (Å²) < 4.78 is 0. The Morgan fingerprint density at radius 1 is 0.967 bits per heavy atom. The number of benzene rings is 2. The highest BCUT2D eigenvalue weighted by Gasteiger charge is 2.70. The number of hydrogen-bond donors (Lipinski definition) is 1. The van der Waals surface area contributed by atoms with Gasteiger partial charge in [-0.15, -0.1) is 0 Å². The van der Waals surface area contributed by atoms with E-state index in [0.717, 1.165) is 16.8 Å². The highest BCUT2D eigenvalue weighted by atomic mass is 79.9. The van der Waals surface area contributed by atoms with E-state index in [4.69, 9.17) is 0 Å². The van der Waals surface area contributed by atoms with Crippen molar-refractivity contribution >= 4 is 39.3 Å². The number of likely N-dealkylation sites (tertiary alicyclic amines) is 1. The smallest absolute Gasteiger partial charge is 0.252 e. The molecule has 0 radical (unpaired) electrons. The van der Waals surface area contributed by atoms with Crippen molar-refractivity contribution in [2.45, 2.75) is 25.0 Å². The number of nitrogens with zero attached hydrogens (tertiary/aromatic N) is 2. The molecule has 6 nitrogen and oxygen atoms in total. The van der Waals surface area contributed by atoms with Gasteiger partial charge in [-0.3, -0.25) is 24.6 Å². The van der Waals surface area contributed by atoms with Gasteiger partial charge in [-0.1, -0.05) is 64.5 Å². The molecule has 2 aromatic carbocycles. The lowest BCUT2D eigenvalue weighted by molar-refractivity contribution is -0.143. The van der Waals surface area contributed by atoms with Crippen LogP contribution >= 0.6 is 15.9 Å². The molecule has 30 heavy (non-hydrogen) atoms. The molecular weight excluding hydrogens is 446 g/mol. The molecule has 4 atom stereocenters. The fraction of sp³-hybridized carbons (Fsp3) is 0.348. The topological polar surface area (TPSA) is 69.7 Å². The van der Waals surface area contributed by atoms with E-state index in [0.29, 0.717) is 11.9 Å². The fourth-order valence-electron chi connectivity index (χ4n) is 5.40. The molecule has 0 aromatic heterocycles. The molecule has 0 saturated carbocycles. The first kappa shape index (κ1) is 19.5. The van der Waals surface area contributed by atoms with Crippen LogP contribution in [0.4, 0.5) is 5.69 Å². The third-order valence-electron chi connectivity index (χ3n) is 6.60. The number of alkyl halides is 1. The second-order valence-corrected chi connectivity index (χ2v) is 8.95. The predicted molar refractivity (Wildman–Crippen MR) is 116 cm³/mol. The lowest BCUT2D eigenvalue weighted by atomic mass is 9.76. The molecule has 2 fully saturated rings. The maximum Gasteiger partial charge on any atom is 0.252 e. The number of fused-ring (bicyclic) bond motifs is 4. The standard InChI is InChI=1S/C23H22BrN3O3/c1-14-18-19(21(29)27(20(18)28)13-15-7-3-2-4-8-15)23(25-14)16-9-5-6-10-17(16)26(12-11-24)22(23)30/h2-10,14,18-19,25H,11-13H2,1H3. The molecule has 4 unspecified atom stereocenters. The SMILES string of the molecule is CC1NC2(C(=O)N(CCBr)c3ccccc32)C2C(=O)N(Cc3ccccc3)C(=O)C12. The lowest BCUT2D eigenvalue weighted by Gasteiger charge is -2.30. The van der Waals surface area contributed by atoms with Gasteiger partial charge in [0, 0.05) is 29.2 Å². The van der Waals surface area contributed by atoms with Crippen LogP contribution in [0.25, 0.3) is 0 Å². The number of hydrogen-bond acceptors (Lipinski definition) is 4. The zero-order valence-corrected chi connectivity index (χ0v) is 18.1. The number of halogens is 1. The van der Waals surface area contributed by atoms with Gasteiger partial charge in [0.2, 0.25) is 11.8 Å². The van der Waals surface area contributed by atoms with Crippen molar-refractivity contribution in [3.63, 3.8) is 0 Å². The molecule has 3 amide bonds. The quantitative estimate of drug-likeness (QED) is 0.553. The Morgan fingerprint density at radius 3 is 2.40 bits per heavy atom. The van der Waals surface area contributed by atoms with E-state index < -0.39 is 17.4 Å². The Bertz CT molecular complexity index is 1040. The molecule has 0 aliphatic carbocycles. The van der Waals surface area contributed by atoms with Crippen LogP contribution < -0.4 is 10.2 Å². The minimum Gasteiger partial charge on any atom is -0.309 e. The van der Waals surface area contributed by atoms with Crippen LogP contribution in [0.2, 0.25) is 0 Å². The number of rotatable bonds is 4. The number of para-hydroxylation sites is 1. The minimum atomic E-state index is -1.19. The van der Waals surface area contributed by atoms with Crippen LogP contribution in [0, 0.1) is 11.8 Å². The summed E-state index contributed by atoms with van der Waals surface area (Å²) in [5, 5.41) is 4.02. The zero-order valence-electron chi connectivity index (χ0n) is 16.5. The lowest BCUT2D eigenvalue weighted by Crippen LogP contribution is -2.55. The molecular formula is C23H22BrN3O3. The van der Waals surface area contributed by atoms with Gasteiger partial charge in [0.1, 0.15) is 5.54 Å². The van der Waals surface area contributed by atoms with Gasteiger partial charge in [0.05, 0.1) is 18.4 Å². The number of carbonyl (C=O) groups excluding carboxylic acids is 3. The number of imide groups is 1. The van der Waals surface area contributed by atoms with Crippen molar-refractivity contribution in [2.75, 3.05) is 16.8 Å². The van der Waals surface area contributed by atoms with Crippen molar-refractivity contribution in [2.24, 2.45) is 11.8 Å². The Morgan fingerprint density at radius 2 is 1.67 bits per heavy atom. The van der Waals surface area contributed by atoms with Crippen molar-refractivity contribution in [1.82, 2.24) is 10.2 Å². The Hall–Kier alpha value is -2.51. The Kier molecular flexibility index (Phi) is 4.56. The normalized spacial score (nSPS) is 29.8. The fourth-order valence-corrected chi connectivity index (χ4v) is 5.75. The monoisotopic (exact) mass is 467 g/mol. The highest BCUT2D eigenvalue weighted by Crippen LogP contribution is 2.54. The van der Waals surface area contributed by atoms with Crippen molar-refractivity contribution in [3.05, 3.63) is 65.7 Å². The molecule has 3 aliphatic rings. The third kappa shape index (κ3) is 2.48. The third-order valence-corrected chi connectivity index (χ3v) is 6.95. The number of amides is 3. The molecule has 1 spiro atoms. The van der Waals surface area contributed by atoms with Crippen LogP contribution in [0.5, 0.6) is 0 Å². The summed E-state index contributed by atoms with van der Waals surface area (Å²) in [6, 6.07) is 16.8. The van der Waals surface area contributed by atoms with Gasteiger partial charge in [-0.05, 0) is 18.6 Å². The second kappa shape index (κ2) is 7.03. The highest BCUT2D eigenvalue weighted by molar-refractivity contribution is 9.09. The number of carbonyl (C=O) groups is 3. The molecule has 3 aliphatic heterocycles. The largest absolute Gasteiger partial charge is 0.309 e. The van der Waals surface area contributed by atoms with E-state index in [1.165, 1.54) is 4.90 Å². The first-order valence-corrected chi connectivity index (χ1v) is 11.3. The summed E-state index contributed by atoms with van der Waals surface area (Å²) in [5.41, 5.74) is 1.30. The summed E-state index contributed by atoms with van der Waals surface area (Å²) in [6.07, 6.45) is 0. The van der Waals surface area contributed by atoms with Gasteiger partial charge < -0.3 is 4.90 Å². The van der Waals surface area contributed by atoms with E-state index in [1.54, 1.807) is 4.90 Å². The summed E-state index contributed by atoms with van der Waals surface area (Å²) in [6.45, 7) is 2.63. The van der Waals surface area contributed by atoms with Gasteiger partial charge in [0.15, 0.2) is 0 Å². The summed E-state index contributed by atoms with van der Waals surface area (Å²) >= 11 is 3.43. The van der Waals surface area contributed by atoms with Crippen LogP contribution in [0.15, 0.2) is 54.6 Å². The maximum absolute atomic E-state index is 13.7. The van der Waals surface area contributed by atoms with Gasteiger partial charge >= 0.3 is 0 Å². The van der Waals surface area contributed by atoms with Crippen LogP contribution in [-0.2, 0) is 26.5 Å². The van der Waals surface area contributed by atoms with E-state index >= 15 is 0 Å². The molecule has 2 aromatic rings. The average molecular weight is 468 g/mol. The summed E-state index contributed by atoms with van der Waals surface area (Å²) in [4.78, 5) is 43.7. The molecule has 0 bridgehead atoms. The molecule has 3 heterocycles. The Labute approximate surface area is 183 Å². The van der Waals surface area contributed by atoms with Crippen molar-refractivity contribution in [1.29, 1.82) is 0 Å². The van der Waals surface area contributed by atoms with Gasteiger partial charge in [-0.2, -0.15) is 0 Å². The van der Waals surface area contributed by atoms with Gasteiger partial charge in [-0.25, -0.2) is 0 Å². The van der Waals surface area contributed by atoms with Crippen LogP contribution in [-0.4, -0.2) is 40.5 Å². The molecule has 1 N–H and O–H groups in total. The number of anilines is 1. The van der Waals surface area contributed by atoms with Crippen molar-refractivity contribution < 1.29 is 14.4 Å². The molecule has 5 rings (SSSR count). The van der Waals surface area contributed by atoms with Crippen molar-refractivity contribution in [3.8, 4) is 0 Å². The molecule has 154 valence electrons. The minimum absolute atomic E-state index is 0.148. The summed E-state index contributed by atoms with van der Waals surface area (Å²) in [7, 11) is 0. The summed E-state index contributed by atoms with van der Waals surface area (Å²) in [5.74, 6) is -1.91. The zero-order chi connectivity index (χ0) is 21.0.